The molecule has 1 aliphatic heterocycles. The average molecular weight is 437 g/mol. The molecule has 162 valence electrons. The molecular weight excluding hydrogens is 408 g/mol. The lowest BCUT2D eigenvalue weighted by molar-refractivity contribution is 0.393. The molecule has 31 heavy (non-hydrogen) atoms. The highest BCUT2D eigenvalue weighted by atomic mass is 32.1. The predicted molar refractivity (Wildman–Crippen MR) is 127 cm³/mol. The number of hydrogen-bond acceptors (Lipinski definition) is 4. The third-order valence-corrected chi connectivity index (χ3v) is 5.89. The van der Waals surface area contributed by atoms with E-state index in [1.807, 2.05) is 42.6 Å². The summed E-state index contributed by atoms with van der Waals surface area (Å²) in [6, 6.07) is 13.7. The van der Waals surface area contributed by atoms with Crippen molar-refractivity contribution in [2.45, 2.75) is 38.4 Å². The molecule has 1 aromatic carbocycles. The van der Waals surface area contributed by atoms with Gasteiger partial charge in [0.15, 0.2) is 5.11 Å². The van der Waals surface area contributed by atoms with E-state index in [4.69, 9.17) is 21.7 Å². The standard InChI is InChI=1S/C24H28N4O2S/c1-24(2,3)27-13-11-16(15-27)22-21(18-8-6-7-12-25-18)26-23(31)28(22)19-10-9-17(29-4)14-20(19)30-5/h6-15,21-22H,1-5H3,(H,26,31). The van der Waals surface area contributed by atoms with Crippen LogP contribution >= 0.6 is 12.2 Å². The van der Waals surface area contributed by atoms with Gasteiger partial charge in [-0.1, -0.05) is 6.07 Å². The number of nitrogens with zero attached hydrogens (tertiary/aromatic N) is 3. The number of anilines is 1. The second-order valence-electron chi connectivity index (χ2n) is 8.56. The first kappa shape index (κ1) is 21.2. The first-order valence-corrected chi connectivity index (χ1v) is 10.7. The zero-order chi connectivity index (χ0) is 22.2. The van der Waals surface area contributed by atoms with Crippen molar-refractivity contribution in [3.8, 4) is 11.5 Å². The van der Waals surface area contributed by atoms with Crippen LogP contribution in [-0.4, -0.2) is 28.9 Å². The molecule has 3 aromatic rings. The fourth-order valence-corrected chi connectivity index (χ4v) is 4.28. The summed E-state index contributed by atoms with van der Waals surface area (Å²) in [6.07, 6.45) is 6.13. The van der Waals surface area contributed by atoms with E-state index in [1.165, 1.54) is 0 Å². The SMILES string of the molecule is COc1ccc(N2C(=S)NC(c3ccccn3)C2c2ccn(C(C)(C)C)c2)c(OC)c1. The molecule has 0 bridgehead atoms. The molecule has 2 aromatic heterocycles. The maximum absolute atomic E-state index is 5.82. The minimum absolute atomic E-state index is 0.0199. The fraction of sp³-hybridized carbons (Fsp3) is 0.333. The zero-order valence-electron chi connectivity index (χ0n) is 18.5. The maximum atomic E-state index is 5.82. The molecule has 6 nitrogen and oxygen atoms in total. The number of pyridine rings is 1. The Hall–Kier alpha value is -3.06. The number of thiocarbonyl (C=S) groups is 1. The zero-order valence-corrected chi connectivity index (χ0v) is 19.3. The Bertz CT molecular complexity index is 1070. The number of methoxy groups -OCH3 is 2. The van der Waals surface area contributed by atoms with E-state index in [0.29, 0.717) is 10.9 Å². The van der Waals surface area contributed by atoms with E-state index in [9.17, 15) is 0 Å². The molecular formula is C24H28N4O2S. The van der Waals surface area contributed by atoms with Crippen LogP contribution in [0.2, 0.25) is 0 Å². The Kier molecular flexibility index (Phi) is 5.62. The van der Waals surface area contributed by atoms with Gasteiger partial charge in [-0.25, -0.2) is 0 Å². The highest BCUT2D eigenvalue weighted by Gasteiger charge is 2.42. The number of nitrogens with one attached hydrogen (secondary N) is 1. The highest BCUT2D eigenvalue weighted by molar-refractivity contribution is 7.80. The minimum Gasteiger partial charge on any atom is -0.497 e. The van der Waals surface area contributed by atoms with Gasteiger partial charge in [-0.15, -0.1) is 0 Å². The highest BCUT2D eigenvalue weighted by Crippen LogP contribution is 2.45. The van der Waals surface area contributed by atoms with Gasteiger partial charge in [-0.3, -0.25) is 4.98 Å². The van der Waals surface area contributed by atoms with Crippen molar-refractivity contribution in [2.75, 3.05) is 19.1 Å². The van der Waals surface area contributed by atoms with Crippen LogP contribution in [0.4, 0.5) is 5.69 Å². The van der Waals surface area contributed by atoms with Crippen LogP contribution in [0.1, 0.15) is 44.1 Å². The number of ether oxygens (including phenoxy) is 2. The van der Waals surface area contributed by atoms with Crippen molar-refractivity contribution in [2.24, 2.45) is 0 Å². The van der Waals surface area contributed by atoms with E-state index in [0.717, 1.165) is 22.7 Å². The molecule has 1 fully saturated rings. The van der Waals surface area contributed by atoms with Crippen LogP contribution < -0.4 is 19.7 Å². The number of benzene rings is 1. The molecule has 0 radical (unpaired) electrons. The second-order valence-corrected chi connectivity index (χ2v) is 8.94. The van der Waals surface area contributed by atoms with Crippen LogP contribution in [-0.2, 0) is 5.54 Å². The molecule has 1 aliphatic rings. The topological polar surface area (TPSA) is 51.5 Å². The van der Waals surface area contributed by atoms with Gasteiger partial charge >= 0.3 is 0 Å². The lowest BCUT2D eigenvalue weighted by Gasteiger charge is -2.29. The Balaban J connectivity index is 1.85. The monoisotopic (exact) mass is 436 g/mol. The van der Waals surface area contributed by atoms with Crippen molar-refractivity contribution >= 4 is 23.0 Å². The molecule has 7 heteroatoms. The Labute approximate surface area is 188 Å². The summed E-state index contributed by atoms with van der Waals surface area (Å²) < 4.78 is 13.3. The van der Waals surface area contributed by atoms with E-state index in [2.05, 4.69) is 59.0 Å². The molecule has 0 amide bonds. The van der Waals surface area contributed by atoms with Crippen LogP contribution in [0.15, 0.2) is 61.1 Å². The molecule has 3 heterocycles. The molecule has 1 N–H and O–H groups in total. The summed E-state index contributed by atoms with van der Waals surface area (Å²) in [5, 5.41) is 4.13. The average Bonchev–Trinajstić information content (AvgIpc) is 3.38. The van der Waals surface area contributed by atoms with Gasteiger partial charge in [-0.2, -0.15) is 0 Å². The minimum atomic E-state index is -0.101. The maximum Gasteiger partial charge on any atom is 0.174 e. The van der Waals surface area contributed by atoms with Gasteiger partial charge in [0.25, 0.3) is 0 Å². The number of hydrogen-bond donors (Lipinski definition) is 1. The summed E-state index contributed by atoms with van der Waals surface area (Å²) in [4.78, 5) is 6.74. The fourth-order valence-electron chi connectivity index (χ4n) is 3.94. The van der Waals surface area contributed by atoms with Crippen molar-refractivity contribution in [1.29, 1.82) is 0 Å². The van der Waals surface area contributed by atoms with Crippen molar-refractivity contribution in [3.63, 3.8) is 0 Å². The summed E-state index contributed by atoms with van der Waals surface area (Å²) in [6.45, 7) is 6.57. The molecule has 2 atom stereocenters. The summed E-state index contributed by atoms with van der Waals surface area (Å²) in [5.41, 5.74) is 2.95. The van der Waals surface area contributed by atoms with Gasteiger partial charge in [0.05, 0.1) is 37.7 Å². The largest absolute Gasteiger partial charge is 0.497 e. The van der Waals surface area contributed by atoms with Gasteiger partial charge in [0, 0.05) is 30.2 Å². The summed E-state index contributed by atoms with van der Waals surface area (Å²) >= 11 is 5.82. The van der Waals surface area contributed by atoms with Gasteiger partial charge in [0.1, 0.15) is 11.5 Å². The van der Waals surface area contributed by atoms with Gasteiger partial charge < -0.3 is 24.3 Å². The Morgan fingerprint density at radius 3 is 2.48 bits per heavy atom. The first-order chi connectivity index (χ1) is 14.8. The Morgan fingerprint density at radius 2 is 1.87 bits per heavy atom. The second kappa shape index (κ2) is 8.23. The van der Waals surface area contributed by atoms with Crippen LogP contribution in [0.3, 0.4) is 0 Å². The third kappa shape index (κ3) is 3.97. The van der Waals surface area contributed by atoms with Crippen LogP contribution in [0.25, 0.3) is 0 Å². The first-order valence-electron chi connectivity index (χ1n) is 10.2. The van der Waals surface area contributed by atoms with Crippen LogP contribution in [0, 0.1) is 0 Å². The van der Waals surface area contributed by atoms with E-state index >= 15 is 0 Å². The summed E-state index contributed by atoms with van der Waals surface area (Å²) in [5.74, 6) is 1.43. The van der Waals surface area contributed by atoms with Gasteiger partial charge in [0.2, 0.25) is 0 Å². The third-order valence-electron chi connectivity index (χ3n) is 5.58. The van der Waals surface area contributed by atoms with Crippen LogP contribution in [0.5, 0.6) is 11.5 Å². The summed E-state index contributed by atoms with van der Waals surface area (Å²) in [7, 11) is 3.30. The molecule has 0 aliphatic carbocycles. The molecule has 0 spiro atoms. The van der Waals surface area contributed by atoms with E-state index in [-0.39, 0.29) is 17.6 Å². The quantitative estimate of drug-likeness (QED) is 0.578. The van der Waals surface area contributed by atoms with Crippen molar-refractivity contribution in [3.05, 3.63) is 72.3 Å². The van der Waals surface area contributed by atoms with Gasteiger partial charge in [-0.05, 0) is 68.9 Å². The molecule has 0 saturated carbocycles. The predicted octanol–water partition coefficient (Wildman–Crippen LogP) is 4.83. The van der Waals surface area contributed by atoms with E-state index in [1.54, 1.807) is 14.2 Å². The number of rotatable bonds is 5. The molecule has 4 rings (SSSR count). The smallest absolute Gasteiger partial charge is 0.174 e. The lowest BCUT2D eigenvalue weighted by Crippen LogP contribution is -2.29. The van der Waals surface area contributed by atoms with Crippen molar-refractivity contribution < 1.29 is 9.47 Å². The molecule has 2 unspecified atom stereocenters. The Morgan fingerprint density at radius 1 is 1.06 bits per heavy atom. The van der Waals surface area contributed by atoms with E-state index < -0.39 is 0 Å². The molecule has 1 saturated heterocycles. The lowest BCUT2D eigenvalue weighted by atomic mass is 9.98. The normalized spacial score (nSPS) is 18.7. The van der Waals surface area contributed by atoms with Crippen molar-refractivity contribution in [1.82, 2.24) is 14.9 Å². The number of aromatic nitrogens is 2.